The lowest BCUT2D eigenvalue weighted by atomic mass is 10.2. The smallest absolute Gasteiger partial charge is 0.230 e. The first-order valence-corrected chi connectivity index (χ1v) is 10.1. The van der Waals surface area contributed by atoms with Gasteiger partial charge in [-0.15, -0.1) is 11.3 Å². The van der Waals surface area contributed by atoms with E-state index in [1.54, 1.807) is 24.3 Å². The van der Waals surface area contributed by atoms with Crippen LogP contribution in [-0.2, 0) is 16.0 Å². The fourth-order valence-electron chi connectivity index (χ4n) is 2.71. The Morgan fingerprint density at radius 3 is 2.36 bits per heavy atom. The summed E-state index contributed by atoms with van der Waals surface area (Å²) in [4.78, 5) is 28.7. The zero-order chi connectivity index (χ0) is 19.9. The van der Waals surface area contributed by atoms with Crippen LogP contribution in [0.4, 0.5) is 11.4 Å². The van der Waals surface area contributed by atoms with E-state index in [-0.39, 0.29) is 18.2 Å². The Morgan fingerprint density at radius 1 is 1.00 bits per heavy atom. The van der Waals surface area contributed by atoms with Crippen molar-refractivity contribution in [2.24, 2.45) is 0 Å². The fraction of sp³-hybridized carbons (Fsp3) is 0.227. The van der Waals surface area contributed by atoms with E-state index in [0.29, 0.717) is 17.8 Å². The average Bonchev–Trinajstić information content (AvgIpc) is 3.11. The standard InChI is InChI=1S/C22H23N3O2S/c1-3-5-20(26)23-17-6-4-7-18(12-17)24-21(27)13-19-14-28-22(25-19)16-10-8-15(2)9-11-16/h4,6-12,14H,3,5,13H2,1-2H3,(H,23,26)(H,24,27). The Labute approximate surface area is 168 Å². The van der Waals surface area contributed by atoms with Crippen molar-refractivity contribution in [3.05, 3.63) is 65.2 Å². The van der Waals surface area contributed by atoms with Crippen molar-refractivity contribution in [3.8, 4) is 10.6 Å². The van der Waals surface area contributed by atoms with Crippen molar-refractivity contribution in [2.45, 2.75) is 33.1 Å². The molecule has 0 bridgehead atoms. The first-order valence-electron chi connectivity index (χ1n) is 9.24. The lowest BCUT2D eigenvalue weighted by Crippen LogP contribution is -2.15. The van der Waals surface area contributed by atoms with Crippen LogP contribution < -0.4 is 10.6 Å². The third-order valence-electron chi connectivity index (χ3n) is 4.10. The summed E-state index contributed by atoms with van der Waals surface area (Å²) in [6, 6.07) is 15.3. The van der Waals surface area contributed by atoms with Crippen LogP contribution in [0.1, 0.15) is 31.0 Å². The largest absolute Gasteiger partial charge is 0.326 e. The number of nitrogens with one attached hydrogen (secondary N) is 2. The van der Waals surface area contributed by atoms with Crippen molar-refractivity contribution in [2.75, 3.05) is 10.6 Å². The molecule has 0 aliphatic heterocycles. The highest BCUT2D eigenvalue weighted by atomic mass is 32.1. The van der Waals surface area contributed by atoms with Gasteiger partial charge in [0.15, 0.2) is 0 Å². The van der Waals surface area contributed by atoms with Gasteiger partial charge in [-0.2, -0.15) is 0 Å². The van der Waals surface area contributed by atoms with Gasteiger partial charge >= 0.3 is 0 Å². The number of carbonyl (C=O) groups is 2. The molecular weight excluding hydrogens is 370 g/mol. The zero-order valence-electron chi connectivity index (χ0n) is 16.0. The van der Waals surface area contributed by atoms with E-state index in [2.05, 4.69) is 27.8 Å². The second kappa shape index (κ2) is 9.28. The van der Waals surface area contributed by atoms with Crippen molar-refractivity contribution in [1.82, 2.24) is 4.98 Å². The molecule has 1 heterocycles. The van der Waals surface area contributed by atoms with E-state index in [9.17, 15) is 9.59 Å². The topological polar surface area (TPSA) is 71.1 Å². The molecule has 6 heteroatoms. The molecule has 2 N–H and O–H groups in total. The molecular formula is C22H23N3O2S. The van der Waals surface area contributed by atoms with Crippen LogP contribution in [0.5, 0.6) is 0 Å². The molecule has 0 saturated carbocycles. The fourth-order valence-corrected chi connectivity index (χ4v) is 3.54. The predicted molar refractivity (Wildman–Crippen MR) is 115 cm³/mol. The number of anilines is 2. The molecule has 2 amide bonds. The van der Waals surface area contributed by atoms with Gasteiger partial charge in [0, 0.05) is 28.7 Å². The molecule has 0 aliphatic rings. The summed E-state index contributed by atoms with van der Waals surface area (Å²) in [6.45, 7) is 4.00. The van der Waals surface area contributed by atoms with Gasteiger partial charge in [-0.05, 0) is 31.5 Å². The number of hydrogen-bond acceptors (Lipinski definition) is 4. The number of amides is 2. The summed E-state index contributed by atoms with van der Waals surface area (Å²) in [6.07, 6.45) is 1.47. The lowest BCUT2D eigenvalue weighted by Gasteiger charge is -2.08. The normalized spacial score (nSPS) is 10.5. The highest BCUT2D eigenvalue weighted by molar-refractivity contribution is 7.13. The summed E-state index contributed by atoms with van der Waals surface area (Å²) in [5, 5.41) is 8.52. The van der Waals surface area contributed by atoms with Crippen LogP contribution >= 0.6 is 11.3 Å². The molecule has 3 rings (SSSR count). The van der Waals surface area contributed by atoms with Crippen molar-refractivity contribution in [1.29, 1.82) is 0 Å². The van der Waals surface area contributed by atoms with Crippen molar-refractivity contribution in [3.63, 3.8) is 0 Å². The lowest BCUT2D eigenvalue weighted by molar-refractivity contribution is -0.116. The Morgan fingerprint density at radius 2 is 1.68 bits per heavy atom. The summed E-state index contributed by atoms with van der Waals surface area (Å²) < 4.78 is 0. The van der Waals surface area contributed by atoms with Crippen LogP contribution in [0.3, 0.4) is 0 Å². The summed E-state index contributed by atoms with van der Waals surface area (Å²) in [7, 11) is 0. The van der Waals surface area contributed by atoms with Crippen LogP contribution in [0.15, 0.2) is 53.9 Å². The maximum absolute atomic E-state index is 12.4. The van der Waals surface area contributed by atoms with Crippen LogP contribution in [0, 0.1) is 6.92 Å². The average molecular weight is 394 g/mol. The van der Waals surface area contributed by atoms with E-state index in [4.69, 9.17) is 0 Å². The van der Waals surface area contributed by atoms with Gasteiger partial charge in [-0.3, -0.25) is 9.59 Å². The molecule has 0 atom stereocenters. The van der Waals surface area contributed by atoms with E-state index >= 15 is 0 Å². The van der Waals surface area contributed by atoms with Crippen LogP contribution in [0.25, 0.3) is 10.6 Å². The Hall–Kier alpha value is -2.99. The first kappa shape index (κ1) is 19.8. The van der Waals surface area contributed by atoms with Gasteiger partial charge in [0.1, 0.15) is 5.01 Å². The van der Waals surface area contributed by atoms with Crippen LogP contribution in [0.2, 0.25) is 0 Å². The van der Waals surface area contributed by atoms with Crippen molar-refractivity contribution >= 4 is 34.5 Å². The molecule has 144 valence electrons. The van der Waals surface area contributed by atoms with Gasteiger partial charge in [0.25, 0.3) is 0 Å². The number of rotatable bonds is 7. The summed E-state index contributed by atoms with van der Waals surface area (Å²) in [5.74, 6) is -0.171. The number of carbonyl (C=O) groups excluding carboxylic acids is 2. The SMILES string of the molecule is CCCC(=O)Nc1cccc(NC(=O)Cc2csc(-c3ccc(C)cc3)n2)c1. The Kier molecular flexibility index (Phi) is 6.55. The number of benzene rings is 2. The van der Waals surface area contributed by atoms with Gasteiger partial charge in [-0.25, -0.2) is 4.98 Å². The van der Waals surface area contributed by atoms with Crippen molar-refractivity contribution < 1.29 is 9.59 Å². The third-order valence-corrected chi connectivity index (χ3v) is 5.04. The van der Waals surface area contributed by atoms with Gasteiger partial charge in [0.05, 0.1) is 12.1 Å². The minimum Gasteiger partial charge on any atom is -0.326 e. The molecule has 0 saturated heterocycles. The molecule has 0 fully saturated rings. The third kappa shape index (κ3) is 5.50. The van der Waals surface area contributed by atoms with Gasteiger partial charge in [0.2, 0.25) is 11.8 Å². The molecule has 2 aromatic carbocycles. The monoisotopic (exact) mass is 393 g/mol. The Bertz CT molecular complexity index is 964. The summed E-state index contributed by atoms with van der Waals surface area (Å²) >= 11 is 1.53. The maximum Gasteiger partial charge on any atom is 0.230 e. The molecule has 0 radical (unpaired) electrons. The minimum absolute atomic E-state index is 0.0305. The molecule has 5 nitrogen and oxygen atoms in total. The van der Waals surface area contributed by atoms with Crippen LogP contribution in [-0.4, -0.2) is 16.8 Å². The molecule has 0 aliphatic carbocycles. The first-order chi connectivity index (χ1) is 13.5. The molecule has 28 heavy (non-hydrogen) atoms. The maximum atomic E-state index is 12.4. The number of hydrogen-bond donors (Lipinski definition) is 2. The number of nitrogens with zero attached hydrogens (tertiary/aromatic N) is 1. The number of thiazole rings is 1. The van der Waals surface area contributed by atoms with E-state index in [1.807, 2.05) is 31.4 Å². The minimum atomic E-state index is -0.141. The molecule has 0 spiro atoms. The summed E-state index contributed by atoms with van der Waals surface area (Å²) in [5.41, 5.74) is 4.32. The van der Waals surface area contributed by atoms with E-state index in [0.717, 1.165) is 22.7 Å². The number of aromatic nitrogens is 1. The predicted octanol–water partition coefficient (Wildman–Crippen LogP) is 5.04. The van der Waals surface area contributed by atoms with E-state index < -0.39 is 0 Å². The number of aryl methyl sites for hydroxylation is 1. The second-order valence-corrected chi connectivity index (χ2v) is 7.47. The quantitative estimate of drug-likeness (QED) is 0.591. The van der Waals surface area contributed by atoms with E-state index in [1.165, 1.54) is 16.9 Å². The van der Waals surface area contributed by atoms with Gasteiger partial charge < -0.3 is 10.6 Å². The zero-order valence-corrected chi connectivity index (χ0v) is 16.8. The molecule has 1 aromatic heterocycles. The molecule has 0 unspecified atom stereocenters. The molecule has 3 aromatic rings. The highest BCUT2D eigenvalue weighted by Crippen LogP contribution is 2.24. The highest BCUT2D eigenvalue weighted by Gasteiger charge is 2.10. The second-order valence-electron chi connectivity index (χ2n) is 6.61. The Balaban J connectivity index is 1.60. The van der Waals surface area contributed by atoms with Gasteiger partial charge in [-0.1, -0.05) is 42.8 Å².